The number of nitrogens with zero attached hydrogens (tertiary/aromatic N) is 2. The van der Waals surface area contributed by atoms with E-state index in [1.807, 2.05) is 0 Å². The number of alkyl halides is 3. The summed E-state index contributed by atoms with van der Waals surface area (Å²) in [7, 11) is 0. The van der Waals surface area contributed by atoms with Gasteiger partial charge in [-0.15, -0.1) is 11.8 Å². The van der Waals surface area contributed by atoms with Crippen LogP contribution in [-0.4, -0.2) is 22.9 Å². The lowest BCUT2D eigenvalue weighted by Crippen LogP contribution is -2.28. The van der Waals surface area contributed by atoms with Crippen molar-refractivity contribution >= 4 is 11.8 Å². The molecule has 0 radical (unpaired) electrons. The largest absolute Gasteiger partial charge is 0.401 e. The van der Waals surface area contributed by atoms with Crippen LogP contribution in [0.3, 0.4) is 0 Å². The first-order chi connectivity index (χ1) is 9.92. The first-order valence-electron chi connectivity index (χ1n) is 5.90. The number of hydrogen-bond acceptors (Lipinski definition) is 5. The lowest BCUT2D eigenvalue weighted by molar-refractivity contribution is -0.125. The molecule has 1 heterocycles. The molecule has 0 fully saturated rings. The predicted molar refractivity (Wildman–Crippen MR) is 68.0 cm³/mol. The molecule has 1 aromatic heterocycles. The van der Waals surface area contributed by atoms with Gasteiger partial charge >= 0.3 is 6.18 Å². The average Bonchev–Trinajstić information content (AvgIpc) is 2.83. The van der Waals surface area contributed by atoms with Gasteiger partial charge in [0.2, 0.25) is 5.89 Å². The van der Waals surface area contributed by atoms with Crippen LogP contribution in [0.15, 0.2) is 33.7 Å². The number of hydrogen-bond donors (Lipinski definition) is 1. The highest BCUT2D eigenvalue weighted by atomic mass is 32.2. The number of aromatic nitrogens is 2. The molecule has 114 valence electrons. The zero-order valence-electron chi connectivity index (χ0n) is 10.7. The molecular weight excluding hydrogens is 310 g/mol. The maximum atomic E-state index is 13.0. The predicted octanol–water partition coefficient (Wildman–Crippen LogP) is 3.15. The van der Waals surface area contributed by atoms with E-state index in [1.165, 1.54) is 23.9 Å². The molecule has 1 aromatic carbocycles. The van der Waals surface area contributed by atoms with Crippen LogP contribution in [0.2, 0.25) is 0 Å². The highest BCUT2D eigenvalue weighted by Crippen LogP contribution is 2.22. The van der Waals surface area contributed by atoms with E-state index >= 15 is 0 Å². The van der Waals surface area contributed by atoms with Crippen LogP contribution >= 0.6 is 11.8 Å². The quantitative estimate of drug-likeness (QED) is 0.654. The fraction of sp³-hybridized carbons (Fsp3) is 0.333. The lowest BCUT2D eigenvalue weighted by Gasteiger charge is -2.05. The summed E-state index contributed by atoms with van der Waals surface area (Å²) in [5.74, 6) is 0.416. The maximum absolute atomic E-state index is 13.0. The molecule has 0 atom stereocenters. The third-order valence-corrected chi connectivity index (χ3v) is 3.27. The second-order valence-electron chi connectivity index (χ2n) is 4.07. The van der Waals surface area contributed by atoms with Gasteiger partial charge in [0.05, 0.1) is 18.8 Å². The van der Waals surface area contributed by atoms with E-state index in [0.29, 0.717) is 16.5 Å². The third-order valence-electron chi connectivity index (χ3n) is 2.28. The summed E-state index contributed by atoms with van der Waals surface area (Å²) in [4.78, 5) is 4.65. The second-order valence-corrected chi connectivity index (χ2v) is 5.12. The zero-order valence-corrected chi connectivity index (χ0v) is 11.5. The molecular formula is C12H11F4N3OS. The van der Waals surface area contributed by atoms with Crippen LogP contribution in [-0.2, 0) is 12.3 Å². The Kier molecular flexibility index (Phi) is 5.18. The van der Waals surface area contributed by atoms with Gasteiger partial charge in [0.25, 0.3) is 0 Å². The van der Waals surface area contributed by atoms with Crippen molar-refractivity contribution in [1.29, 1.82) is 0 Å². The highest BCUT2D eigenvalue weighted by molar-refractivity contribution is 7.98. The Labute approximate surface area is 121 Å². The van der Waals surface area contributed by atoms with Gasteiger partial charge in [0.1, 0.15) is 5.82 Å². The van der Waals surface area contributed by atoms with E-state index in [2.05, 4.69) is 15.5 Å². The first-order valence-corrected chi connectivity index (χ1v) is 6.88. The summed E-state index contributed by atoms with van der Waals surface area (Å²) in [6.45, 7) is -1.28. The van der Waals surface area contributed by atoms with Crippen LogP contribution < -0.4 is 5.32 Å². The van der Waals surface area contributed by atoms with Gasteiger partial charge in [-0.25, -0.2) is 4.39 Å². The number of nitrogens with one attached hydrogen (secondary N) is 1. The molecule has 1 N–H and O–H groups in total. The average molecular weight is 321 g/mol. The summed E-state index contributed by atoms with van der Waals surface area (Å²) in [5.41, 5.74) is 0. The molecule has 0 amide bonds. The van der Waals surface area contributed by atoms with E-state index in [1.54, 1.807) is 12.1 Å². The molecule has 0 aliphatic heterocycles. The molecule has 0 spiro atoms. The lowest BCUT2D eigenvalue weighted by atomic mass is 10.4. The molecule has 21 heavy (non-hydrogen) atoms. The minimum Gasteiger partial charge on any atom is -0.338 e. The fourth-order valence-corrected chi connectivity index (χ4v) is 2.22. The van der Waals surface area contributed by atoms with Crippen LogP contribution in [0.25, 0.3) is 0 Å². The van der Waals surface area contributed by atoms with E-state index in [4.69, 9.17) is 4.52 Å². The maximum Gasteiger partial charge on any atom is 0.401 e. The van der Waals surface area contributed by atoms with Crippen molar-refractivity contribution in [2.45, 2.75) is 23.4 Å². The van der Waals surface area contributed by atoms with Crippen molar-refractivity contribution in [2.75, 3.05) is 6.54 Å². The smallest absolute Gasteiger partial charge is 0.338 e. The van der Waals surface area contributed by atoms with Gasteiger partial charge < -0.3 is 9.84 Å². The van der Waals surface area contributed by atoms with Crippen LogP contribution in [0, 0.1) is 5.82 Å². The standard InChI is InChI=1S/C12H11F4N3OS/c13-8-2-1-3-9(4-8)21-6-10-18-11(20-19-10)5-17-7-12(14,15)16/h1-4,17H,5-7H2. The number of halogens is 4. The molecule has 0 bridgehead atoms. The number of rotatable bonds is 6. The zero-order chi connectivity index (χ0) is 15.3. The summed E-state index contributed by atoms with van der Waals surface area (Å²) >= 11 is 1.30. The molecule has 0 aliphatic rings. The van der Waals surface area contributed by atoms with Crippen molar-refractivity contribution in [3.8, 4) is 0 Å². The van der Waals surface area contributed by atoms with Gasteiger partial charge in [0.15, 0.2) is 5.82 Å². The molecule has 4 nitrogen and oxygen atoms in total. The fourth-order valence-electron chi connectivity index (χ4n) is 1.44. The molecule has 0 unspecified atom stereocenters. The monoisotopic (exact) mass is 321 g/mol. The molecule has 0 aliphatic carbocycles. The minimum absolute atomic E-state index is 0.0779. The molecule has 0 saturated heterocycles. The second kappa shape index (κ2) is 6.90. The van der Waals surface area contributed by atoms with Crippen LogP contribution in [0.5, 0.6) is 0 Å². The van der Waals surface area contributed by atoms with Crippen LogP contribution in [0.4, 0.5) is 17.6 Å². The molecule has 0 saturated carbocycles. The van der Waals surface area contributed by atoms with Gasteiger partial charge in [0, 0.05) is 4.90 Å². The Bertz CT molecular complexity index is 588. The molecule has 2 aromatic rings. The number of benzene rings is 1. The Balaban J connectivity index is 1.80. The Morgan fingerprint density at radius 1 is 1.29 bits per heavy atom. The summed E-state index contributed by atoms with van der Waals surface area (Å²) < 4.78 is 53.6. The highest BCUT2D eigenvalue weighted by Gasteiger charge is 2.26. The van der Waals surface area contributed by atoms with Crippen molar-refractivity contribution in [3.05, 3.63) is 41.8 Å². The molecule has 9 heteroatoms. The summed E-state index contributed by atoms with van der Waals surface area (Å²) in [6.07, 6.45) is -4.28. The van der Waals surface area contributed by atoms with Crippen molar-refractivity contribution in [1.82, 2.24) is 15.5 Å². The Morgan fingerprint density at radius 3 is 2.81 bits per heavy atom. The van der Waals surface area contributed by atoms with Crippen molar-refractivity contribution in [3.63, 3.8) is 0 Å². The van der Waals surface area contributed by atoms with Gasteiger partial charge in [-0.1, -0.05) is 11.2 Å². The number of thioether (sulfide) groups is 1. The normalized spacial score (nSPS) is 11.8. The van der Waals surface area contributed by atoms with Gasteiger partial charge in [-0.2, -0.15) is 18.2 Å². The summed E-state index contributed by atoms with van der Waals surface area (Å²) in [6, 6.07) is 6.03. The van der Waals surface area contributed by atoms with Crippen molar-refractivity contribution in [2.24, 2.45) is 0 Å². The first kappa shape index (κ1) is 15.8. The topological polar surface area (TPSA) is 51.0 Å². The van der Waals surface area contributed by atoms with Crippen LogP contribution in [0.1, 0.15) is 11.7 Å². The SMILES string of the molecule is Fc1cccc(SCc2noc(CNCC(F)(F)F)n2)c1. The Morgan fingerprint density at radius 2 is 2.10 bits per heavy atom. The summed E-state index contributed by atoms with van der Waals surface area (Å²) in [5, 5.41) is 5.81. The van der Waals surface area contributed by atoms with E-state index in [9.17, 15) is 17.6 Å². The van der Waals surface area contributed by atoms with Gasteiger partial charge in [-0.3, -0.25) is 0 Å². The molecule has 2 rings (SSSR count). The van der Waals surface area contributed by atoms with Crippen molar-refractivity contribution < 1.29 is 22.1 Å². The van der Waals surface area contributed by atoms with E-state index < -0.39 is 12.7 Å². The Hall–Kier alpha value is -1.61. The van der Waals surface area contributed by atoms with E-state index in [-0.39, 0.29) is 18.3 Å². The minimum atomic E-state index is -4.28. The van der Waals surface area contributed by atoms with Gasteiger partial charge in [-0.05, 0) is 18.2 Å². The van der Waals surface area contributed by atoms with E-state index in [0.717, 1.165) is 0 Å². The third kappa shape index (κ3) is 5.72.